The number of benzene rings is 2. The Kier molecular flexibility index (Phi) is 4.13. The molecule has 0 aliphatic carbocycles. The third kappa shape index (κ3) is 3.32. The fourth-order valence-electron chi connectivity index (χ4n) is 2.36. The first-order valence-corrected chi connectivity index (χ1v) is 7.55. The number of rotatable bonds is 3. The van der Waals surface area contributed by atoms with Gasteiger partial charge >= 0.3 is 6.18 Å². The second kappa shape index (κ2) is 6.11. The molecule has 2 aromatic carbocycles. The van der Waals surface area contributed by atoms with Gasteiger partial charge in [0, 0.05) is 5.56 Å². The van der Waals surface area contributed by atoms with Crippen LogP contribution in [0.4, 0.5) is 13.2 Å². The molecule has 3 aromatic rings. The second-order valence-corrected chi connectivity index (χ2v) is 5.87. The minimum Gasteiger partial charge on any atom is -0.220 e. The fourth-order valence-corrected chi connectivity index (χ4v) is 2.36. The van der Waals surface area contributed by atoms with E-state index in [-0.39, 0.29) is 0 Å². The van der Waals surface area contributed by atoms with Crippen molar-refractivity contribution in [2.24, 2.45) is 0 Å². The summed E-state index contributed by atoms with van der Waals surface area (Å²) in [7, 11) is 0. The Morgan fingerprint density at radius 3 is 2.08 bits per heavy atom. The predicted octanol–water partition coefficient (Wildman–Crippen LogP) is 5.08. The second-order valence-electron chi connectivity index (χ2n) is 5.87. The van der Waals surface area contributed by atoms with Gasteiger partial charge in [-0.15, -0.1) is 5.10 Å². The molecule has 0 spiro atoms. The fraction of sp³-hybridized carbons (Fsp3) is 0.222. The van der Waals surface area contributed by atoms with Crippen molar-refractivity contribution in [1.82, 2.24) is 15.0 Å². The molecule has 0 amide bonds. The molecule has 0 aliphatic heterocycles. The van der Waals surface area contributed by atoms with Gasteiger partial charge < -0.3 is 0 Å². The monoisotopic (exact) mass is 331 g/mol. The molecule has 0 unspecified atom stereocenters. The summed E-state index contributed by atoms with van der Waals surface area (Å²) in [6, 6.07) is 12.8. The van der Waals surface area contributed by atoms with Crippen LogP contribution in [0.2, 0.25) is 0 Å². The Morgan fingerprint density at radius 2 is 1.54 bits per heavy atom. The van der Waals surface area contributed by atoms with Gasteiger partial charge in [0.05, 0.1) is 17.4 Å². The van der Waals surface area contributed by atoms with E-state index < -0.39 is 11.7 Å². The first kappa shape index (κ1) is 16.2. The van der Waals surface area contributed by atoms with Crippen LogP contribution in [-0.4, -0.2) is 15.0 Å². The highest BCUT2D eigenvalue weighted by molar-refractivity contribution is 5.58. The van der Waals surface area contributed by atoms with Gasteiger partial charge in [0.15, 0.2) is 0 Å². The van der Waals surface area contributed by atoms with E-state index in [1.54, 1.807) is 6.20 Å². The maximum Gasteiger partial charge on any atom is 0.416 e. The molecule has 0 fully saturated rings. The van der Waals surface area contributed by atoms with Crippen LogP contribution < -0.4 is 0 Å². The van der Waals surface area contributed by atoms with Gasteiger partial charge in [-0.3, -0.25) is 0 Å². The first-order valence-electron chi connectivity index (χ1n) is 7.55. The lowest BCUT2D eigenvalue weighted by atomic mass is 10.0. The molecule has 0 N–H and O–H groups in total. The molecule has 0 atom stereocenters. The van der Waals surface area contributed by atoms with Crippen molar-refractivity contribution in [3.05, 3.63) is 65.9 Å². The standard InChI is InChI=1S/C18H16F3N3/c1-12(2)13-3-5-14(6-4-13)17-11-24(23-22-17)16-9-7-15(8-10-16)18(19,20)21/h3-12H,1-2H3. The van der Waals surface area contributed by atoms with Crippen LogP contribution in [0.1, 0.15) is 30.9 Å². The van der Waals surface area contributed by atoms with Gasteiger partial charge in [-0.1, -0.05) is 43.3 Å². The molecule has 3 nitrogen and oxygen atoms in total. The normalized spacial score (nSPS) is 11.9. The van der Waals surface area contributed by atoms with Crippen LogP contribution in [0.25, 0.3) is 16.9 Å². The van der Waals surface area contributed by atoms with Gasteiger partial charge in [-0.2, -0.15) is 13.2 Å². The Morgan fingerprint density at radius 1 is 0.917 bits per heavy atom. The number of nitrogens with zero attached hydrogens (tertiary/aromatic N) is 3. The maximum atomic E-state index is 12.6. The zero-order chi connectivity index (χ0) is 17.3. The van der Waals surface area contributed by atoms with Crippen LogP contribution in [0.3, 0.4) is 0 Å². The van der Waals surface area contributed by atoms with Crippen molar-refractivity contribution in [3.63, 3.8) is 0 Å². The zero-order valence-corrected chi connectivity index (χ0v) is 13.2. The maximum absolute atomic E-state index is 12.6. The molecule has 0 saturated heterocycles. The molecule has 0 bridgehead atoms. The lowest BCUT2D eigenvalue weighted by Gasteiger charge is -2.07. The molecule has 0 radical (unpaired) electrons. The zero-order valence-electron chi connectivity index (χ0n) is 13.2. The smallest absolute Gasteiger partial charge is 0.220 e. The van der Waals surface area contributed by atoms with Crippen LogP contribution in [0.15, 0.2) is 54.7 Å². The third-order valence-electron chi connectivity index (χ3n) is 3.83. The Labute approximate surface area is 137 Å². The minimum atomic E-state index is -4.34. The first-order chi connectivity index (χ1) is 11.3. The Balaban J connectivity index is 1.85. The van der Waals surface area contributed by atoms with Crippen LogP contribution in [0.5, 0.6) is 0 Å². The minimum absolute atomic E-state index is 0.446. The number of halogens is 3. The highest BCUT2D eigenvalue weighted by Gasteiger charge is 2.30. The molecular weight excluding hydrogens is 315 g/mol. The van der Waals surface area contributed by atoms with Gasteiger partial charge in [-0.25, -0.2) is 4.68 Å². The van der Waals surface area contributed by atoms with E-state index in [0.717, 1.165) is 17.7 Å². The summed E-state index contributed by atoms with van der Waals surface area (Å²) in [5.74, 6) is 0.446. The molecule has 3 rings (SSSR count). The number of aromatic nitrogens is 3. The average molecular weight is 331 g/mol. The summed E-state index contributed by atoms with van der Waals surface area (Å²) in [5.41, 5.74) is 2.66. The van der Waals surface area contributed by atoms with Crippen molar-refractivity contribution in [3.8, 4) is 16.9 Å². The topological polar surface area (TPSA) is 30.7 Å². The van der Waals surface area contributed by atoms with Gasteiger partial charge in [0.25, 0.3) is 0 Å². The van der Waals surface area contributed by atoms with E-state index >= 15 is 0 Å². The SMILES string of the molecule is CC(C)c1ccc(-c2cn(-c3ccc(C(F)(F)F)cc3)nn2)cc1. The quantitative estimate of drug-likeness (QED) is 0.670. The van der Waals surface area contributed by atoms with Gasteiger partial charge in [0.1, 0.15) is 5.69 Å². The molecule has 1 heterocycles. The molecule has 1 aromatic heterocycles. The lowest BCUT2D eigenvalue weighted by Crippen LogP contribution is -2.05. The summed E-state index contributed by atoms with van der Waals surface area (Å²) in [6.07, 6.45) is -2.64. The van der Waals surface area contributed by atoms with Crippen LogP contribution in [-0.2, 0) is 6.18 Å². The van der Waals surface area contributed by atoms with Crippen LogP contribution >= 0.6 is 0 Å². The van der Waals surface area contributed by atoms with Crippen molar-refractivity contribution in [1.29, 1.82) is 0 Å². The summed E-state index contributed by atoms with van der Waals surface area (Å²) in [4.78, 5) is 0. The van der Waals surface area contributed by atoms with Crippen molar-refractivity contribution < 1.29 is 13.2 Å². The highest BCUT2D eigenvalue weighted by Crippen LogP contribution is 2.29. The molecule has 0 aliphatic rings. The van der Waals surface area contributed by atoms with Gasteiger partial charge in [-0.05, 0) is 35.7 Å². The number of hydrogen-bond donors (Lipinski definition) is 0. The summed E-state index contributed by atoms with van der Waals surface area (Å²) >= 11 is 0. The van der Waals surface area contributed by atoms with Gasteiger partial charge in [0.2, 0.25) is 0 Å². The molecule has 124 valence electrons. The van der Waals surface area contributed by atoms with E-state index in [1.807, 2.05) is 24.3 Å². The summed E-state index contributed by atoms with van der Waals surface area (Å²) in [6.45, 7) is 4.24. The Hall–Kier alpha value is -2.63. The molecular formula is C18H16F3N3. The molecule has 6 heteroatoms. The predicted molar refractivity (Wildman–Crippen MR) is 85.9 cm³/mol. The van der Waals surface area contributed by atoms with Crippen molar-refractivity contribution >= 4 is 0 Å². The lowest BCUT2D eigenvalue weighted by molar-refractivity contribution is -0.137. The van der Waals surface area contributed by atoms with Crippen molar-refractivity contribution in [2.45, 2.75) is 25.9 Å². The Bertz CT molecular complexity index is 816. The molecule has 24 heavy (non-hydrogen) atoms. The largest absolute Gasteiger partial charge is 0.416 e. The number of alkyl halides is 3. The average Bonchev–Trinajstić information content (AvgIpc) is 3.04. The van der Waals surface area contributed by atoms with E-state index in [9.17, 15) is 13.2 Å². The van der Waals surface area contributed by atoms with E-state index in [2.05, 4.69) is 24.2 Å². The summed E-state index contributed by atoms with van der Waals surface area (Å²) in [5, 5.41) is 8.10. The van der Waals surface area contributed by atoms with E-state index in [1.165, 1.54) is 22.4 Å². The highest BCUT2D eigenvalue weighted by atomic mass is 19.4. The third-order valence-corrected chi connectivity index (χ3v) is 3.83. The number of hydrogen-bond acceptors (Lipinski definition) is 2. The molecule has 0 saturated carbocycles. The summed E-state index contributed by atoms with van der Waals surface area (Å²) < 4.78 is 39.3. The van der Waals surface area contributed by atoms with Crippen molar-refractivity contribution in [2.75, 3.05) is 0 Å². The van der Waals surface area contributed by atoms with E-state index in [0.29, 0.717) is 17.3 Å². The van der Waals surface area contributed by atoms with Crippen LogP contribution in [0, 0.1) is 0 Å². The van der Waals surface area contributed by atoms with E-state index in [4.69, 9.17) is 0 Å².